The minimum Gasteiger partial charge on any atom is -0.467 e. The summed E-state index contributed by atoms with van der Waals surface area (Å²) in [5.74, 6) is 0.567. The van der Waals surface area contributed by atoms with E-state index in [-0.39, 0.29) is 11.1 Å². The highest BCUT2D eigenvalue weighted by molar-refractivity contribution is 6.29. The van der Waals surface area contributed by atoms with Gasteiger partial charge in [-0.05, 0) is 35.9 Å². The molecular formula is C17H14ClN3O2. The fourth-order valence-corrected chi connectivity index (χ4v) is 2.39. The largest absolute Gasteiger partial charge is 0.467 e. The molecule has 0 aliphatic heterocycles. The Morgan fingerprint density at radius 1 is 1.17 bits per heavy atom. The van der Waals surface area contributed by atoms with Crippen LogP contribution in [0, 0.1) is 0 Å². The number of rotatable bonds is 5. The summed E-state index contributed by atoms with van der Waals surface area (Å²) in [5.41, 5.74) is 1.42. The Kier molecular flexibility index (Phi) is 4.68. The van der Waals surface area contributed by atoms with Crippen LogP contribution in [0.15, 0.2) is 65.7 Å². The topological polar surface area (TPSA) is 59.2 Å². The van der Waals surface area contributed by atoms with Gasteiger partial charge in [-0.1, -0.05) is 17.7 Å². The van der Waals surface area contributed by atoms with Gasteiger partial charge in [0.1, 0.15) is 10.9 Å². The maximum atomic E-state index is 12.8. The summed E-state index contributed by atoms with van der Waals surface area (Å²) in [6.07, 6.45) is 6.54. The lowest BCUT2D eigenvalue weighted by atomic mass is 10.2. The molecule has 0 aromatic carbocycles. The molecule has 1 amide bonds. The zero-order valence-corrected chi connectivity index (χ0v) is 13.0. The van der Waals surface area contributed by atoms with Crippen LogP contribution in [-0.2, 0) is 13.1 Å². The second kappa shape index (κ2) is 7.07. The molecule has 0 radical (unpaired) electrons. The van der Waals surface area contributed by atoms with Gasteiger partial charge >= 0.3 is 0 Å². The highest BCUT2D eigenvalue weighted by Crippen LogP contribution is 2.15. The van der Waals surface area contributed by atoms with Crippen LogP contribution in [0.25, 0.3) is 0 Å². The number of aromatic nitrogens is 2. The molecule has 0 saturated carbocycles. The van der Waals surface area contributed by atoms with Crippen molar-refractivity contribution in [2.75, 3.05) is 0 Å². The molecule has 116 valence electrons. The van der Waals surface area contributed by atoms with Gasteiger partial charge in [-0.2, -0.15) is 0 Å². The third-order valence-electron chi connectivity index (χ3n) is 3.28. The average Bonchev–Trinajstić information content (AvgIpc) is 3.08. The van der Waals surface area contributed by atoms with E-state index in [1.54, 1.807) is 41.8 Å². The Labute approximate surface area is 138 Å². The third kappa shape index (κ3) is 3.96. The van der Waals surface area contributed by atoms with Crippen molar-refractivity contribution in [2.24, 2.45) is 0 Å². The fraction of sp³-hybridized carbons (Fsp3) is 0.118. The van der Waals surface area contributed by atoms with Crippen molar-refractivity contribution in [1.82, 2.24) is 14.9 Å². The summed E-state index contributed by atoms with van der Waals surface area (Å²) in [6, 6.07) is 10.6. The zero-order chi connectivity index (χ0) is 16.1. The molecule has 0 atom stereocenters. The van der Waals surface area contributed by atoms with Crippen molar-refractivity contribution >= 4 is 17.5 Å². The van der Waals surface area contributed by atoms with Gasteiger partial charge in [-0.3, -0.25) is 9.78 Å². The molecule has 3 rings (SSSR count). The van der Waals surface area contributed by atoms with E-state index in [9.17, 15) is 4.79 Å². The van der Waals surface area contributed by atoms with Gasteiger partial charge in [0.15, 0.2) is 0 Å². The van der Waals surface area contributed by atoms with E-state index in [4.69, 9.17) is 16.0 Å². The lowest BCUT2D eigenvalue weighted by molar-refractivity contribution is 0.0717. The van der Waals surface area contributed by atoms with E-state index in [0.29, 0.717) is 24.4 Å². The summed E-state index contributed by atoms with van der Waals surface area (Å²) < 4.78 is 5.36. The normalized spacial score (nSPS) is 10.5. The number of amides is 1. The number of pyridine rings is 2. The summed E-state index contributed by atoms with van der Waals surface area (Å²) >= 11 is 5.89. The lowest BCUT2D eigenvalue weighted by Gasteiger charge is -2.22. The summed E-state index contributed by atoms with van der Waals surface area (Å²) in [5, 5.41) is 0.287. The first-order chi connectivity index (χ1) is 11.2. The predicted octanol–water partition coefficient (Wildman–Crippen LogP) is 3.57. The highest BCUT2D eigenvalue weighted by atomic mass is 35.5. The van der Waals surface area contributed by atoms with Gasteiger partial charge in [-0.15, -0.1) is 0 Å². The molecule has 0 fully saturated rings. The molecule has 5 nitrogen and oxygen atoms in total. The van der Waals surface area contributed by atoms with Crippen molar-refractivity contribution < 1.29 is 9.21 Å². The Bertz CT molecular complexity index is 776. The molecule has 0 spiro atoms. The first-order valence-electron chi connectivity index (χ1n) is 7.04. The molecule has 3 aromatic heterocycles. The smallest absolute Gasteiger partial charge is 0.254 e. The average molecular weight is 328 g/mol. The molecule has 0 aliphatic carbocycles. The van der Waals surface area contributed by atoms with Gasteiger partial charge in [0.2, 0.25) is 0 Å². The number of carbonyl (C=O) groups excluding carboxylic acids is 1. The van der Waals surface area contributed by atoms with E-state index in [2.05, 4.69) is 9.97 Å². The summed E-state index contributed by atoms with van der Waals surface area (Å²) in [4.78, 5) is 22.5. The highest BCUT2D eigenvalue weighted by Gasteiger charge is 2.18. The molecule has 6 heteroatoms. The second-order valence-electron chi connectivity index (χ2n) is 4.97. The van der Waals surface area contributed by atoms with Crippen LogP contribution < -0.4 is 0 Å². The molecule has 0 aliphatic rings. The number of hydrogen-bond donors (Lipinski definition) is 0. The lowest BCUT2D eigenvalue weighted by Crippen LogP contribution is -2.30. The Balaban J connectivity index is 1.86. The SMILES string of the molecule is O=C(c1ccnc(Cl)c1)N(Cc1cccnc1)Cc1ccco1. The maximum Gasteiger partial charge on any atom is 0.254 e. The van der Waals surface area contributed by atoms with Crippen molar-refractivity contribution in [2.45, 2.75) is 13.1 Å². The first-order valence-corrected chi connectivity index (χ1v) is 7.42. The van der Waals surface area contributed by atoms with Gasteiger partial charge in [0.05, 0.1) is 12.8 Å². The minimum atomic E-state index is -0.144. The molecule has 0 saturated heterocycles. The van der Waals surface area contributed by atoms with Crippen LogP contribution in [0.4, 0.5) is 0 Å². The number of carbonyl (C=O) groups is 1. The van der Waals surface area contributed by atoms with Crippen LogP contribution in [0.3, 0.4) is 0 Å². The number of nitrogens with zero attached hydrogens (tertiary/aromatic N) is 3. The van der Waals surface area contributed by atoms with E-state index in [0.717, 1.165) is 5.56 Å². The molecule has 0 unspecified atom stereocenters. The predicted molar refractivity (Wildman–Crippen MR) is 85.8 cm³/mol. The van der Waals surface area contributed by atoms with Crippen LogP contribution in [0.5, 0.6) is 0 Å². The Morgan fingerprint density at radius 2 is 2.09 bits per heavy atom. The minimum absolute atomic E-state index is 0.144. The van der Waals surface area contributed by atoms with Gasteiger partial charge in [0.25, 0.3) is 5.91 Å². The molecular weight excluding hydrogens is 314 g/mol. The molecule has 23 heavy (non-hydrogen) atoms. The molecule has 0 bridgehead atoms. The summed E-state index contributed by atoms with van der Waals surface area (Å²) in [7, 11) is 0. The van der Waals surface area contributed by atoms with E-state index in [1.807, 2.05) is 18.2 Å². The number of hydrogen-bond acceptors (Lipinski definition) is 4. The van der Waals surface area contributed by atoms with Crippen LogP contribution in [0.2, 0.25) is 5.15 Å². The molecule has 0 N–H and O–H groups in total. The zero-order valence-electron chi connectivity index (χ0n) is 12.2. The standard InChI is InChI=1S/C17H14ClN3O2/c18-16-9-14(5-7-20-16)17(22)21(12-15-4-2-8-23-15)11-13-3-1-6-19-10-13/h1-10H,11-12H2. The van der Waals surface area contributed by atoms with Gasteiger partial charge in [-0.25, -0.2) is 4.98 Å². The van der Waals surface area contributed by atoms with Crippen molar-refractivity contribution in [3.05, 3.63) is 83.3 Å². The van der Waals surface area contributed by atoms with E-state index in [1.165, 1.54) is 6.20 Å². The van der Waals surface area contributed by atoms with Crippen molar-refractivity contribution in [3.63, 3.8) is 0 Å². The first kappa shape index (κ1) is 15.2. The van der Waals surface area contributed by atoms with Crippen molar-refractivity contribution in [3.8, 4) is 0 Å². The van der Waals surface area contributed by atoms with Crippen LogP contribution >= 0.6 is 11.6 Å². The number of furan rings is 1. The van der Waals surface area contributed by atoms with Gasteiger partial charge < -0.3 is 9.32 Å². The number of halogens is 1. The Hall–Kier alpha value is -2.66. The maximum absolute atomic E-state index is 12.8. The van der Waals surface area contributed by atoms with Crippen molar-refractivity contribution in [1.29, 1.82) is 0 Å². The third-order valence-corrected chi connectivity index (χ3v) is 3.49. The van der Waals surface area contributed by atoms with Gasteiger partial charge in [0, 0.05) is 30.7 Å². The molecule has 3 aromatic rings. The monoisotopic (exact) mass is 327 g/mol. The second-order valence-corrected chi connectivity index (χ2v) is 5.36. The fourth-order valence-electron chi connectivity index (χ4n) is 2.22. The molecule has 3 heterocycles. The Morgan fingerprint density at radius 3 is 2.78 bits per heavy atom. The quantitative estimate of drug-likeness (QED) is 0.672. The van der Waals surface area contributed by atoms with E-state index >= 15 is 0 Å². The van der Waals surface area contributed by atoms with Crippen LogP contribution in [0.1, 0.15) is 21.7 Å². The summed E-state index contributed by atoms with van der Waals surface area (Å²) in [6.45, 7) is 0.786. The van der Waals surface area contributed by atoms with E-state index < -0.39 is 0 Å². The van der Waals surface area contributed by atoms with Crippen LogP contribution in [-0.4, -0.2) is 20.8 Å².